The molecule has 0 radical (unpaired) electrons. The van der Waals surface area contributed by atoms with Crippen LogP contribution in [-0.4, -0.2) is 41.2 Å². The summed E-state index contributed by atoms with van der Waals surface area (Å²) in [5, 5.41) is 7.03. The van der Waals surface area contributed by atoms with Gasteiger partial charge in [0.05, 0.1) is 18.3 Å². The average Bonchev–Trinajstić information content (AvgIpc) is 3.12. The second-order valence-electron chi connectivity index (χ2n) is 6.86. The number of hydrazone groups is 1. The van der Waals surface area contributed by atoms with Crippen LogP contribution in [0.15, 0.2) is 53.6 Å². The van der Waals surface area contributed by atoms with Crippen molar-refractivity contribution in [2.75, 3.05) is 19.6 Å². The number of halogens is 1. The van der Waals surface area contributed by atoms with E-state index in [-0.39, 0.29) is 11.9 Å². The second-order valence-corrected chi connectivity index (χ2v) is 7.26. The number of carbonyl (C=O) groups excluding carboxylic acids is 1. The number of aryl methyl sites for hydroxylation is 1. The molecule has 0 unspecified atom stereocenters. The molecular formula is C22H26ClN3O. The fourth-order valence-electron chi connectivity index (χ4n) is 3.36. The Morgan fingerprint density at radius 2 is 1.81 bits per heavy atom. The molecule has 4 nitrogen and oxygen atoms in total. The Labute approximate surface area is 166 Å². The smallest absolute Gasteiger partial charge is 0.257 e. The molecule has 1 heterocycles. The number of hydrogen-bond acceptors (Lipinski definition) is 3. The van der Waals surface area contributed by atoms with Crippen molar-refractivity contribution < 1.29 is 4.79 Å². The highest BCUT2D eigenvalue weighted by molar-refractivity contribution is 6.34. The summed E-state index contributed by atoms with van der Waals surface area (Å²) in [5.41, 5.74) is 4.05. The molecule has 0 bridgehead atoms. The highest BCUT2D eigenvalue weighted by atomic mass is 35.5. The third-order valence-electron chi connectivity index (χ3n) is 5.07. The molecule has 1 atom stereocenters. The Morgan fingerprint density at radius 3 is 2.44 bits per heavy atom. The van der Waals surface area contributed by atoms with Crippen molar-refractivity contribution in [2.45, 2.75) is 33.2 Å². The summed E-state index contributed by atoms with van der Waals surface area (Å²) in [6.45, 7) is 8.24. The van der Waals surface area contributed by atoms with Crippen molar-refractivity contribution in [2.24, 2.45) is 5.10 Å². The van der Waals surface area contributed by atoms with Crippen molar-refractivity contribution in [1.82, 2.24) is 9.91 Å². The first kappa shape index (κ1) is 19.6. The van der Waals surface area contributed by atoms with Gasteiger partial charge in [0.15, 0.2) is 0 Å². The molecule has 1 aliphatic heterocycles. The lowest BCUT2D eigenvalue weighted by molar-refractivity contribution is -0.134. The van der Waals surface area contributed by atoms with Crippen LogP contribution in [0.1, 0.15) is 43.0 Å². The van der Waals surface area contributed by atoms with Crippen LogP contribution in [0.2, 0.25) is 5.02 Å². The van der Waals surface area contributed by atoms with E-state index in [0.717, 1.165) is 29.9 Å². The summed E-state index contributed by atoms with van der Waals surface area (Å²) in [5.74, 6) is 0.0197. The first-order valence-electron chi connectivity index (χ1n) is 9.46. The van der Waals surface area contributed by atoms with Crippen LogP contribution < -0.4 is 0 Å². The predicted molar refractivity (Wildman–Crippen MR) is 111 cm³/mol. The van der Waals surface area contributed by atoms with E-state index in [1.807, 2.05) is 24.3 Å². The summed E-state index contributed by atoms with van der Waals surface area (Å²) >= 11 is 6.38. The maximum absolute atomic E-state index is 13.0. The minimum absolute atomic E-state index is 0.0197. The zero-order valence-electron chi connectivity index (χ0n) is 16.2. The van der Waals surface area contributed by atoms with Gasteiger partial charge in [0.2, 0.25) is 0 Å². The van der Waals surface area contributed by atoms with Gasteiger partial charge in [-0.05, 0) is 31.6 Å². The van der Waals surface area contributed by atoms with Gasteiger partial charge >= 0.3 is 0 Å². The predicted octanol–water partition coefficient (Wildman–Crippen LogP) is 4.67. The molecule has 142 valence electrons. The summed E-state index contributed by atoms with van der Waals surface area (Å²) in [6, 6.07) is 15.9. The lowest BCUT2D eigenvalue weighted by atomic mass is 9.97. The van der Waals surface area contributed by atoms with Crippen LogP contribution in [-0.2, 0) is 4.79 Å². The highest BCUT2D eigenvalue weighted by Gasteiger charge is 2.33. The third-order valence-corrected chi connectivity index (χ3v) is 5.40. The van der Waals surface area contributed by atoms with Crippen molar-refractivity contribution in [3.63, 3.8) is 0 Å². The fraction of sp³-hybridized carbons (Fsp3) is 0.364. The van der Waals surface area contributed by atoms with Crippen molar-refractivity contribution >= 4 is 23.2 Å². The first-order valence-corrected chi connectivity index (χ1v) is 9.84. The van der Waals surface area contributed by atoms with Gasteiger partial charge in [0, 0.05) is 17.0 Å². The molecule has 0 aliphatic carbocycles. The van der Waals surface area contributed by atoms with Gasteiger partial charge in [-0.1, -0.05) is 73.5 Å². The molecule has 0 N–H and O–H groups in total. The zero-order valence-corrected chi connectivity index (χ0v) is 16.9. The number of hydrogen-bond donors (Lipinski definition) is 0. The van der Waals surface area contributed by atoms with Crippen LogP contribution in [0.4, 0.5) is 0 Å². The number of amides is 1. The van der Waals surface area contributed by atoms with Crippen LogP contribution in [0.25, 0.3) is 0 Å². The molecule has 0 saturated heterocycles. The molecule has 0 spiro atoms. The van der Waals surface area contributed by atoms with Gasteiger partial charge in [-0.2, -0.15) is 5.10 Å². The van der Waals surface area contributed by atoms with Crippen molar-refractivity contribution in [3.05, 3.63) is 70.2 Å². The topological polar surface area (TPSA) is 35.9 Å². The monoisotopic (exact) mass is 383 g/mol. The lowest BCUT2D eigenvalue weighted by Gasteiger charge is -2.25. The molecule has 0 saturated carbocycles. The van der Waals surface area contributed by atoms with E-state index in [4.69, 9.17) is 16.7 Å². The van der Waals surface area contributed by atoms with E-state index >= 15 is 0 Å². The maximum Gasteiger partial charge on any atom is 0.257 e. The van der Waals surface area contributed by atoms with Crippen LogP contribution in [0, 0.1) is 6.92 Å². The Hall–Kier alpha value is -2.17. The number of benzene rings is 2. The van der Waals surface area contributed by atoms with E-state index in [9.17, 15) is 4.79 Å². The summed E-state index contributed by atoms with van der Waals surface area (Å²) < 4.78 is 0. The summed E-state index contributed by atoms with van der Waals surface area (Å²) in [7, 11) is 0. The van der Waals surface area contributed by atoms with E-state index in [1.54, 1.807) is 5.01 Å². The molecule has 2 aromatic carbocycles. The van der Waals surface area contributed by atoms with Gasteiger partial charge in [0.1, 0.15) is 0 Å². The van der Waals surface area contributed by atoms with Crippen LogP contribution >= 0.6 is 11.6 Å². The number of carbonyl (C=O) groups is 1. The van der Waals surface area contributed by atoms with Gasteiger partial charge in [-0.3, -0.25) is 9.69 Å². The van der Waals surface area contributed by atoms with E-state index in [1.165, 1.54) is 5.56 Å². The van der Waals surface area contributed by atoms with E-state index < -0.39 is 0 Å². The Balaban J connectivity index is 1.93. The maximum atomic E-state index is 13.0. The molecule has 2 aromatic rings. The second kappa shape index (κ2) is 8.68. The van der Waals surface area contributed by atoms with Gasteiger partial charge in [-0.15, -0.1) is 0 Å². The Kier molecular flexibility index (Phi) is 6.30. The quantitative estimate of drug-likeness (QED) is 0.726. The average molecular weight is 384 g/mol. The summed E-state index contributed by atoms with van der Waals surface area (Å²) in [6.07, 6.45) is 0.663. The van der Waals surface area contributed by atoms with E-state index in [0.29, 0.717) is 18.0 Å². The normalized spacial score (nSPS) is 16.7. The zero-order chi connectivity index (χ0) is 19.4. The molecule has 0 aromatic heterocycles. The van der Waals surface area contributed by atoms with Crippen molar-refractivity contribution in [3.8, 4) is 0 Å². The molecule has 1 aliphatic rings. The van der Waals surface area contributed by atoms with Gasteiger partial charge < -0.3 is 0 Å². The van der Waals surface area contributed by atoms with Gasteiger partial charge in [-0.25, -0.2) is 5.01 Å². The molecule has 3 rings (SSSR count). The van der Waals surface area contributed by atoms with E-state index in [2.05, 4.69) is 49.9 Å². The fourth-order valence-corrected chi connectivity index (χ4v) is 3.60. The Bertz CT molecular complexity index is 828. The van der Waals surface area contributed by atoms with Crippen LogP contribution in [0.5, 0.6) is 0 Å². The SMILES string of the molecule is CCN(CC)CC(=O)N1N=C(c2ccccc2Cl)C[C@@H]1c1ccc(C)cc1. The molecule has 27 heavy (non-hydrogen) atoms. The first-order chi connectivity index (χ1) is 13.0. The minimum Gasteiger partial charge on any atom is -0.295 e. The molecule has 1 amide bonds. The number of nitrogens with zero attached hydrogens (tertiary/aromatic N) is 3. The minimum atomic E-state index is -0.0973. The highest BCUT2D eigenvalue weighted by Crippen LogP contribution is 2.34. The Morgan fingerprint density at radius 1 is 1.15 bits per heavy atom. The lowest BCUT2D eigenvalue weighted by Crippen LogP contribution is -2.38. The van der Waals surface area contributed by atoms with Gasteiger partial charge in [0.25, 0.3) is 5.91 Å². The standard InChI is InChI=1S/C22H26ClN3O/c1-4-25(5-2)15-22(27)26-21(17-12-10-16(3)11-13-17)14-20(24-26)18-8-6-7-9-19(18)23/h6-13,21H,4-5,14-15H2,1-3H3/t21-/m1/s1. The molecular weight excluding hydrogens is 358 g/mol. The third kappa shape index (κ3) is 4.40. The molecule has 5 heteroatoms. The number of likely N-dealkylation sites (N-methyl/N-ethyl adjacent to an activating group) is 1. The summed E-state index contributed by atoms with van der Waals surface area (Å²) in [4.78, 5) is 15.1. The van der Waals surface area contributed by atoms with Crippen LogP contribution in [0.3, 0.4) is 0 Å². The van der Waals surface area contributed by atoms with Crippen molar-refractivity contribution in [1.29, 1.82) is 0 Å². The number of rotatable bonds is 6. The molecule has 0 fully saturated rings. The largest absolute Gasteiger partial charge is 0.295 e.